The summed E-state index contributed by atoms with van der Waals surface area (Å²) < 4.78 is 10.7. The summed E-state index contributed by atoms with van der Waals surface area (Å²) in [5.41, 5.74) is 0.652. The van der Waals surface area contributed by atoms with Gasteiger partial charge in [0.1, 0.15) is 21.9 Å². The fraction of sp³-hybridized carbons (Fsp3) is 0.353. The normalized spacial score (nSPS) is 17.3. The maximum Gasteiger partial charge on any atom is 0.327 e. The van der Waals surface area contributed by atoms with Crippen LogP contribution >= 0.6 is 24.0 Å². The summed E-state index contributed by atoms with van der Waals surface area (Å²) in [7, 11) is 3.08. The van der Waals surface area contributed by atoms with Gasteiger partial charge in [-0.2, -0.15) is 0 Å². The van der Waals surface area contributed by atoms with E-state index in [9.17, 15) is 14.7 Å². The smallest absolute Gasteiger partial charge is 0.327 e. The number of ether oxygens (including phenoxy) is 2. The highest BCUT2D eigenvalue weighted by Crippen LogP contribution is 2.37. The van der Waals surface area contributed by atoms with Gasteiger partial charge in [0.05, 0.1) is 19.1 Å². The molecule has 134 valence electrons. The van der Waals surface area contributed by atoms with Crippen LogP contribution in [0.25, 0.3) is 6.08 Å². The maximum atomic E-state index is 12.7. The first-order valence-corrected chi connectivity index (χ1v) is 8.74. The van der Waals surface area contributed by atoms with Crippen LogP contribution in [0.5, 0.6) is 11.5 Å². The van der Waals surface area contributed by atoms with Gasteiger partial charge in [-0.15, -0.1) is 0 Å². The highest BCUT2D eigenvalue weighted by Gasteiger charge is 2.41. The van der Waals surface area contributed by atoms with Crippen LogP contribution in [0.1, 0.15) is 19.4 Å². The molecular weight excluding hydrogens is 362 g/mol. The van der Waals surface area contributed by atoms with Gasteiger partial charge in [-0.3, -0.25) is 9.69 Å². The summed E-state index contributed by atoms with van der Waals surface area (Å²) in [6.45, 7) is 3.48. The first-order chi connectivity index (χ1) is 11.8. The number of nitrogens with zero attached hydrogens (tertiary/aromatic N) is 1. The number of thiocarbonyl (C=S) groups is 1. The number of aliphatic carboxylic acids is 1. The molecule has 1 amide bonds. The molecule has 0 aliphatic carbocycles. The van der Waals surface area contributed by atoms with Gasteiger partial charge in [0.25, 0.3) is 5.91 Å². The van der Waals surface area contributed by atoms with E-state index < -0.39 is 17.9 Å². The fourth-order valence-electron chi connectivity index (χ4n) is 2.51. The monoisotopic (exact) mass is 381 g/mol. The molecule has 1 aliphatic heterocycles. The highest BCUT2D eigenvalue weighted by molar-refractivity contribution is 8.26. The number of amides is 1. The van der Waals surface area contributed by atoms with Crippen molar-refractivity contribution in [3.8, 4) is 11.5 Å². The summed E-state index contributed by atoms with van der Waals surface area (Å²) in [6, 6.07) is 4.23. The molecule has 1 saturated heterocycles. The second-order valence-electron chi connectivity index (χ2n) is 5.69. The fourth-order valence-corrected chi connectivity index (χ4v) is 3.83. The molecule has 1 atom stereocenters. The predicted octanol–water partition coefficient (Wildman–Crippen LogP) is 3.01. The van der Waals surface area contributed by atoms with Gasteiger partial charge in [-0.1, -0.05) is 37.8 Å². The van der Waals surface area contributed by atoms with Gasteiger partial charge in [0, 0.05) is 5.56 Å². The molecule has 1 heterocycles. The number of rotatable bonds is 6. The lowest BCUT2D eigenvalue weighted by Crippen LogP contribution is -2.47. The van der Waals surface area contributed by atoms with Crippen molar-refractivity contribution in [3.63, 3.8) is 0 Å². The lowest BCUT2D eigenvalue weighted by molar-refractivity contribution is -0.146. The molecule has 8 heteroatoms. The van der Waals surface area contributed by atoms with Gasteiger partial charge in [0.15, 0.2) is 0 Å². The SMILES string of the molecule is COc1ccc(OC)c(/C=C2\SC(=S)N(C(C(=O)O)C(C)C)C2=O)c1. The molecule has 1 unspecified atom stereocenters. The number of carbonyl (C=O) groups is 2. The molecule has 0 spiro atoms. The standard InChI is InChI=1S/C17H19NO5S2/c1-9(2)14(16(20)21)18-15(19)13(25-17(18)24)8-10-7-11(22-3)5-6-12(10)23-4/h5-9,14H,1-4H3,(H,20,21)/b13-8-. The number of methoxy groups -OCH3 is 2. The molecule has 25 heavy (non-hydrogen) atoms. The van der Waals surface area contributed by atoms with E-state index in [-0.39, 0.29) is 10.2 Å². The van der Waals surface area contributed by atoms with Gasteiger partial charge in [0.2, 0.25) is 0 Å². The molecule has 0 radical (unpaired) electrons. The Hall–Kier alpha value is -2.06. The van der Waals surface area contributed by atoms with E-state index in [1.54, 1.807) is 45.2 Å². The lowest BCUT2D eigenvalue weighted by Gasteiger charge is -2.26. The number of carboxylic acids is 1. The third kappa shape index (κ3) is 3.96. The van der Waals surface area contributed by atoms with E-state index in [1.807, 2.05) is 0 Å². The average Bonchev–Trinajstić information content (AvgIpc) is 2.82. The van der Waals surface area contributed by atoms with E-state index in [2.05, 4.69) is 0 Å². The van der Waals surface area contributed by atoms with E-state index in [4.69, 9.17) is 21.7 Å². The predicted molar refractivity (Wildman–Crippen MR) is 101 cm³/mol. The van der Waals surface area contributed by atoms with Gasteiger partial charge >= 0.3 is 5.97 Å². The molecular formula is C17H19NO5S2. The van der Waals surface area contributed by atoms with Crippen LogP contribution in [0.15, 0.2) is 23.1 Å². The van der Waals surface area contributed by atoms with Crippen LogP contribution in [0.2, 0.25) is 0 Å². The first-order valence-electron chi connectivity index (χ1n) is 7.52. The van der Waals surface area contributed by atoms with Crippen molar-refractivity contribution in [1.82, 2.24) is 4.90 Å². The Morgan fingerprint density at radius 3 is 2.52 bits per heavy atom. The Bertz CT molecular complexity index is 745. The van der Waals surface area contributed by atoms with Crippen LogP contribution in [-0.4, -0.2) is 46.5 Å². The summed E-state index contributed by atoms with van der Waals surface area (Å²) >= 11 is 6.33. The molecule has 6 nitrogen and oxygen atoms in total. The summed E-state index contributed by atoms with van der Waals surface area (Å²) in [6.07, 6.45) is 1.64. The zero-order valence-corrected chi connectivity index (χ0v) is 15.9. The van der Waals surface area contributed by atoms with E-state index >= 15 is 0 Å². The number of hydrogen-bond acceptors (Lipinski definition) is 6. The van der Waals surface area contributed by atoms with Crippen LogP contribution in [-0.2, 0) is 9.59 Å². The first kappa shape index (κ1) is 19.3. The molecule has 0 aromatic heterocycles. The quantitative estimate of drug-likeness (QED) is 0.599. The minimum atomic E-state index is -1.08. The van der Waals surface area contributed by atoms with Gasteiger partial charge in [-0.25, -0.2) is 4.79 Å². The summed E-state index contributed by atoms with van der Waals surface area (Å²) in [4.78, 5) is 25.8. The third-order valence-corrected chi connectivity index (χ3v) is 5.04. The van der Waals surface area contributed by atoms with Crippen molar-refractivity contribution < 1.29 is 24.2 Å². The van der Waals surface area contributed by atoms with Crippen molar-refractivity contribution >= 4 is 46.3 Å². The van der Waals surface area contributed by atoms with Crippen molar-refractivity contribution in [3.05, 3.63) is 28.7 Å². The molecule has 0 saturated carbocycles. The summed E-state index contributed by atoms with van der Waals surface area (Å²) in [5, 5.41) is 9.45. The van der Waals surface area contributed by atoms with Gasteiger partial charge < -0.3 is 14.6 Å². The number of carboxylic acid groups (broad SMARTS) is 1. The van der Waals surface area contributed by atoms with E-state index in [1.165, 1.54) is 12.0 Å². The minimum Gasteiger partial charge on any atom is -0.497 e. The molecule has 1 aromatic rings. The second-order valence-corrected chi connectivity index (χ2v) is 7.36. The topological polar surface area (TPSA) is 76.1 Å². The lowest BCUT2D eigenvalue weighted by atomic mass is 10.0. The number of thioether (sulfide) groups is 1. The molecule has 1 fully saturated rings. The van der Waals surface area contributed by atoms with Crippen molar-refractivity contribution in [2.75, 3.05) is 14.2 Å². The summed E-state index contributed by atoms with van der Waals surface area (Å²) in [5.74, 6) is -0.573. The van der Waals surface area contributed by atoms with Crippen molar-refractivity contribution in [2.45, 2.75) is 19.9 Å². The molecule has 1 N–H and O–H groups in total. The zero-order valence-electron chi connectivity index (χ0n) is 14.3. The van der Waals surface area contributed by atoms with Crippen LogP contribution in [0.4, 0.5) is 0 Å². The third-order valence-electron chi connectivity index (χ3n) is 3.71. The van der Waals surface area contributed by atoms with Crippen LogP contribution < -0.4 is 9.47 Å². The van der Waals surface area contributed by atoms with Crippen LogP contribution in [0.3, 0.4) is 0 Å². The Labute approximate surface area is 155 Å². The van der Waals surface area contributed by atoms with Crippen LogP contribution in [0, 0.1) is 5.92 Å². The number of carbonyl (C=O) groups excluding carboxylic acids is 1. The zero-order chi connectivity index (χ0) is 18.7. The molecule has 1 aromatic carbocycles. The molecule has 0 bridgehead atoms. The van der Waals surface area contributed by atoms with E-state index in [0.29, 0.717) is 22.0 Å². The number of benzene rings is 1. The average molecular weight is 381 g/mol. The highest BCUT2D eigenvalue weighted by atomic mass is 32.2. The van der Waals surface area contributed by atoms with Crippen molar-refractivity contribution in [2.24, 2.45) is 5.92 Å². The Morgan fingerprint density at radius 1 is 1.32 bits per heavy atom. The Balaban J connectivity index is 2.42. The minimum absolute atomic E-state index is 0.235. The largest absolute Gasteiger partial charge is 0.497 e. The Morgan fingerprint density at radius 2 is 2.00 bits per heavy atom. The number of hydrogen-bond donors (Lipinski definition) is 1. The van der Waals surface area contributed by atoms with Crippen molar-refractivity contribution in [1.29, 1.82) is 0 Å². The Kier molecular flexibility index (Phi) is 6.07. The second kappa shape index (κ2) is 7.88. The van der Waals surface area contributed by atoms with Gasteiger partial charge in [-0.05, 0) is 30.2 Å². The van der Waals surface area contributed by atoms with E-state index in [0.717, 1.165) is 11.8 Å². The maximum absolute atomic E-state index is 12.7. The molecule has 2 rings (SSSR count). The molecule has 1 aliphatic rings.